The molecule has 0 saturated heterocycles. The topological polar surface area (TPSA) is 17.6 Å². The first-order valence-corrected chi connectivity index (χ1v) is 12.0. The summed E-state index contributed by atoms with van der Waals surface area (Å²) in [6, 6.07) is 9.04. The molecule has 2 heterocycles. The SMILES string of the molecule is CC(C)Cn1cc[n+](Cc2ccc(C[n+]3ccn(CC(C)C)c3I)cc2)c1I. The van der Waals surface area contributed by atoms with Crippen LogP contribution in [0.25, 0.3) is 0 Å². The predicted octanol–water partition coefficient (Wildman–Crippen LogP) is 4.48. The summed E-state index contributed by atoms with van der Waals surface area (Å²) in [7, 11) is 0. The summed E-state index contributed by atoms with van der Waals surface area (Å²) in [6.07, 6.45) is 8.76. The summed E-state index contributed by atoms with van der Waals surface area (Å²) >= 11 is 4.90. The minimum atomic E-state index is 0.657. The fraction of sp³-hybridized carbons (Fsp3) is 0.455. The van der Waals surface area contributed by atoms with E-state index in [1.54, 1.807) is 0 Å². The van der Waals surface area contributed by atoms with E-state index in [4.69, 9.17) is 0 Å². The molecule has 0 aliphatic rings. The van der Waals surface area contributed by atoms with Gasteiger partial charge >= 0.3 is 7.66 Å². The number of aromatic nitrogens is 4. The molecule has 0 aliphatic heterocycles. The summed E-state index contributed by atoms with van der Waals surface area (Å²) in [5.74, 6) is 1.31. The summed E-state index contributed by atoms with van der Waals surface area (Å²) in [5.41, 5.74) is 2.68. The fourth-order valence-corrected chi connectivity index (χ4v) is 4.71. The van der Waals surface area contributed by atoms with E-state index in [2.05, 4.69) is 140 Å². The maximum absolute atomic E-state index is 2.45. The van der Waals surface area contributed by atoms with Crippen LogP contribution in [-0.2, 0) is 26.2 Å². The first-order valence-electron chi connectivity index (χ1n) is 9.89. The molecule has 0 bridgehead atoms. The van der Waals surface area contributed by atoms with Crippen molar-refractivity contribution in [2.24, 2.45) is 11.8 Å². The lowest BCUT2D eigenvalue weighted by Gasteiger charge is -2.05. The Morgan fingerprint density at radius 2 is 1.07 bits per heavy atom. The quantitative estimate of drug-likeness (QED) is 0.267. The summed E-state index contributed by atoms with van der Waals surface area (Å²) in [6.45, 7) is 13.0. The second kappa shape index (κ2) is 9.73. The van der Waals surface area contributed by atoms with Crippen LogP contribution >= 0.6 is 45.2 Å². The Labute approximate surface area is 195 Å². The van der Waals surface area contributed by atoms with E-state index < -0.39 is 0 Å². The summed E-state index contributed by atoms with van der Waals surface area (Å²) in [4.78, 5) is 0. The third kappa shape index (κ3) is 5.58. The Bertz CT molecular complexity index is 832. The highest BCUT2D eigenvalue weighted by Crippen LogP contribution is 2.10. The van der Waals surface area contributed by atoms with E-state index in [1.807, 2.05) is 0 Å². The van der Waals surface area contributed by atoms with Gasteiger partial charge in [-0.2, -0.15) is 0 Å². The van der Waals surface area contributed by atoms with Crippen LogP contribution in [0.3, 0.4) is 0 Å². The molecule has 3 aromatic rings. The Hall–Kier alpha value is -0.900. The third-order valence-electron chi connectivity index (χ3n) is 4.65. The van der Waals surface area contributed by atoms with Gasteiger partial charge in [0.2, 0.25) is 0 Å². The first-order chi connectivity index (χ1) is 13.3. The van der Waals surface area contributed by atoms with E-state index in [9.17, 15) is 0 Å². The second-order valence-corrected chi connectivity index (χ2v) is 10.2. The van der Waals surface area contributed by atoms with Gasteiger partial charge in [-0.1, -0.05) is 52.0 Å². The number of hydrogen-bond donors (Lipinski definition) is 0. The lowest BCUT2D eigenvalue weighted by Crippen LogP contribution is -2.37. The van der Waals surface area contributed by atoms with Crippen LogP contribution in [0, 0.1) is 19.5 Å². The molecule has 3 rings (SSSR count). The zero-order valence-corrected chi connectivity index (χ0v) is 21.5. The van der Waals surface area contributed by atoms with E-state index in [1.165, 1.54) is 18.8 Å². The van der Waals surface area contributed by atoms with Gasteiger partial charge in [0.05, 0.1) is 58.3 Å². The van der Waals surface area contributed by atoms with Gasteiger partial charge in [0.1, 0.15) is 37.9 Å². The number of benzene rings is 1. The minimum absolute atomic E-state index is 0.657. The smallest absolute Gasteiger partial charge is 0.225 e. The molecule has 0 aliphatic carbocycles. The van der Waals surface area contributed by atoms with Crippen LogP contribution in [0.15, 0.2) is 49.1 Å². The molecule has 2 aromatic heterocycles. The van der Waals surface area contributed by atoms with Gasteiger partial charge in [-0.3, -0.25) is 0 Å². The molecule has 0 fully saturated rings. The van der Waals surface area contributed by atoms with Gasteiger partial charge in [-0.15, -0.1) is 0 Å². The van der Waals surface area contributed by atoms with Gasteiger partial charge in [0.25, 0.3) is 0 Å². The largest absolute Gasteiger partial charge is 0.317 e. The van der Waals surface area contributed by atoms with E-state index in [0.717, 1.165) is 26.2 Å². The van der Waals surface area contributed by atoms with Crippen LogP contribution in [0.5, 0.6) is 0 Å². The maximum Gasteiger partial charge on any atom is 0.317 e. The van der Waals surface area contributed by atoms with Crippen molar-refractivity contribution in [1.29, 1.82) is 0 Å². The fourth-order valence-electron chi connectivity index (χ4n) is 3.34. The van der Waals surface area contributed by atoms with Crippen molar-refractivity contribution in [1.82, 2.24) is 9.13 Å². The standard InChI is InChI=1S/C22H30I2N4/c1-17(2)13-25-9-11-27(21(25)23)15-19-5-7-20(8-6-19)16-28-12-10-26(22(28)24)14-18(3)4/h5-12,17-18H,13-16H2,1-4H3/q+2. The Kier molecular flexibility index (Phi) is 7.58. The average Bonchev–Trinajstić information content (AvgIpc) is 3.14. The molecule has 0 amide bonds. The Morgan fingerprint density at radius 1 is 0.714 bits per heavy atom. The van der Waals surface area contributed by atoms with Crippen LogP contribution in [0.4, 0.5) is 0 Å². The summed E-state index contributed by atoms with van der Waals surface area (Å²) < 4.78 is 11.9. The van der Waals surface area contributed by atoms with Crippen LogP contribution < -0.4 is 9.13 Å². The van der Waals surface area contributed by atoms with Gasteiger partial charge in [0, 0.05) is 0 Å². The zero-order chi connectivity index (χ0) is 20.3. The molecule has 0 unspecified atom stereocenters. The Balaban J connectivity index is 1.66. The molecule has 0 saturated carbocycles. The first kappa shape index (κ1) is 21.8. The van der Waals surface area contributed by atoms with Crippen LogP contribution in [-0.4, -0.2) is 9.13 Å². The monoisotopic (exact) mass is 604 g/mol. The Morgan fingerprint density at radius 3 is 1.39 bits per heavy atom. The average molecular weight is 604 g/mol. The van der Waals surface area contributed by atoms with Crippen LogP contribution in [0.1, 0.15) is 38.8 Å². The predicted molar refractivity (Wildman–Crippen MR) is 129 cm³/mol. The van der Waals surface area contributed by atoms with Crippen molar-refractivity contribution in [3.63, 3.8) is 0 Å². The number of halogens is 2. The van der Waals surface area contributed by atoms with Gasteiger partial charge in [-0.25, -0.2) is 18.3 Å². The molecule has 28 heavy (non-hydrogen) atoms. The van der Waals surface area contributed by atoms with E-state index in [-0.39, 0.29) is 0 Å². The van der Waals surface area contributed by atoms with E-state index in [0.29, 0.717) is 11.8 Å². The minimum Gasteiger partial charge on any atom is -0.225 e. The molecule has 0 N–H and O–H groups in total. The molecule has 0 radical (unpaired) electrons. The molecular formula is C22H30I2N4+2. The molecular weight excluding hydrogens is 574 g/mol. The van der Waals surface area contributed by atoms with Crippen molar-refractivity contribution in [2.75, 3.05) is 0 Å². The number of nitrogens with zero attached hydrogens (tertiary/aromatic N) is 4. The lowest BCUT2D eigenvalue weighted by molar-refractivity contribution is -0.701. The highest BCUT2D eigenvalue weighted by Gasteiger charge is 2.17. The molecule has 150 valence electrons. The molecule has 0 spiro atoms. The van der Waals surface area contributed by atoms with Crippen molar-refractivity contribution in [3.05, 3.63) is 67.8 Å². The van der Waals surface area contributed by atoms with Crippen LogP contribution in [0.2, 0.25) is 0 Å². The lowest BCUT2D eigenvalue weighted by atomic mass is 10.1. The van der Waals surface area contributed by atoms with Gasteiger partial charge < -0.3 is 0 Å². The second-order valence-electron chi connectivity index (χ2n) is 8.30. The van der Waals surface area contributed by atoms with Gasteiger partial charge in [0.15, 0.2) is 0 Å². The summed E-state index contributed by atoms with van der Waals surface area (Å²) in [5, 5.41) is 0. The normalized spacial score (nSPS) is 11.7. The number of rotatable bonds is 8. The molecule has 0 atom stereocenters. The number of imidazole rings is 2. The highest BCUT2D eigenvalue weighted by atomic mass is 127. The molecule has 6 heteroatoms. The molecule has 1 aromatic carbocycles. The van der Waals surface area contributed by atoms with E-state index >= 15 is 0 Å². The van der Waals surface area contributed by atoms with Gasteiger partial charge in [-0.05, 0) is 23.0 Å². The maximum atomic E-state index is 2.45. The van der Waals surface area contributed by atoms with Crippen molar-refractivity contribution in [2.45, 2.75) is 53.9 Å². The third-order valence-corrected chi connectivity index (χ3v) is 7.13. The van der Waals surface area contributed by atoms with Crippen molar-refractivity contribution in [3.8, 4) is 0 Å². The molecule has 4 nitrogen and oxygen atoms in total. The number of hydrogen-bond acceptors (Lipinski definition) is 0. The zero-order valence-electron chi connectivity index (χ0n) is 17.1. The highest BCUT2D eigenvalue weighted by molar-refractivity contribution is 14.1. The van der Waals surface area contributed by atoms with Crippen molar-refractivity contribution >= 4 is 45.2 Å². The van der Waals surface area contributed by atoms with Crippen molar-refractivity contribution < 1.29 is 9.13 Å².